The highest BCUT2D eigenvalue weighted by atomic mass is 16.5. The summed E-state index contributed by atoms with van der Waals surface area (Å²) in [6.45, 7) is 7.20. The highest BCUT2D eigenvalue weighted by molar-refractivity contribution is 5.84. The molecule has 0 bridgehead atoms. The Kier molecular flexibility index (Phi) is 6.61. The van der Waals surface area contributed by atoms with Crippen molar-refractivity contribution in [3.63, 3.8) is 0 Å². The van der Waals surface area contributed by atoms with Crippen LogP contribution in [0.2, 0.25) is 0 Å². The highest BCUT2D eigenvalue weighted by Gasteiger charge is 2.25. The van der Waals surface area contributed by atoms with Gasteiger partial charge in [0.1, 0.15) is 12.6 Å². The van der Waals surface area contributed by atoms with E-state index in [1.807, 2.05) is 19.1 Å². The Morgan fingerprint density at radius 2 is 2.17 bits per heavy atom. The maximum absolute atomic E-state index is 11.8. The smallest absolute Gasteiger partial charge is 0.243 e. The minimum absolute atomic E-state index is 0.00545. The molecule has 1 aromatic carbocycles. The first kappa shape index (κ1) is 18.3. The van der Waals surface area contributed by atoms with Crippen LogP contribution in [-0.4, -0.2) is 68.5 Å². The van der Waals surface area contributed by atoms with Gasteiger partial charge < -0.3 is 19.9 Å². The number of likely N-dealkylation sites (N-methyl/N-ethyl adjacent to an activating group) is 1. The van der Waals surface area contributed by atoms with Crippen molar-refractivity contribution in [2.24, 2.45) is 4.99 Å². The summed E-state index contributed by atoms with van der Waals surface area (Å²) in [6, 6.07) is 8.30. The molecule has 0 spiro atoms. The van der Waals surface area contributed by atoms with Gasteiger partial charge in [0.25, 0.3) is 0 Å². The van der Waals surface area contributed by atoms with E-state index >= 15 is 0 Å². The Morgan fingerprint density at radius 3 is 2.83 bits per heavy atom. The lowest BCUT2D eigenvalue weighted by Crippen LogP contribution is -2.48. The van der Waals surface area contributed by atoms with Crippen LogP contribution in [0, 0.1) is 6.92 Å². The van der Waals surface area contributed by atoms with Crippen LogP contribution in [0.3, 0.4) is 0 Å². The Bertz CT molecular complexity index is 586. The minimum Gasteiger partial charge on any atom is -0.370 e. The van der Waals surface area contributed by atoms with Crippen molar-refractivity contribution in [1.82, 2.24) is 15.1 Å². The standard InChI is InChI=1S/C18H28N4O2/c1-5-19-18(20-12-17(23)21(3)4)22-10-11-24-16(13-22)15-9-7-6-8-14(15)2/h6-9,16H,5,10-13H2,1-4H3,(H,19,20). The normalized spacial score (nSPS) is 18.4. The molecular formula is C18H28N4O2. The molecule has 6 heteroatoms. The van der Waals surface area contributed by atoms with Gasteiger partial charge in [-0.05, 0) is 25.0 Å². The number of nitrogens with zero attached hydrogens (tertiary/aromatic N) is 3. The molecule has 0 aromatic heterocycles. The summed E-state index contributed by atoms with van der Waals surface area (Å²) in [5, 5.41) is 3.28. The summed E-state index contributed by atoms with van der Waals surface area (Å²) in [5.41, 5.74) is 2.44. The Morgan fingerprint density at radius 1 is 1.42 bits per heavy atom. The Labute approximate surface area is 144 Å². The second-order valence-corrected chi connectivity index (χ2v) is 6.12. The summed E-state index contributed by atoms with van der Waals surface area (Å²) in [4.78, 5) is 20.0. The van der Waals surface area contributed by atoms with Gasteiger partial charge in [-0.15, -0.1) is 0 Å². The van der Waals surface area contributed by atoms with E-state index in [4.69, 9.17) is 4.74 Å². The van der Waals surface area contributed by atoms with Gasteiger partial charge in [0.15, 0.2) is 5.96 Å². The van der Waals surface area contributed by atoms with Crippen LogP contribution >= 0.6 is 0 Å². The second kappa shape index (κ2) is 8.68. The third kappa shape index (κ3) is 4.71. The van der Waals surface area contributed by atoms with E-state index in [-0.39, 0.29) is 18.6 Å². The lowest BCUT2D eigenvalue weighted by Gasteiger charge is -2.35. The molecule has 132 valence electrons. The Hall–Kier alpha value is -2.08. The average Bonchev–Trinajstić information content (AvgIpc) is 2.58. The number of morpholine rings is 1. The molecule has 1 atom stereocenters. The van der Waals surface area contributed by atoms with E-state index in [0.717, 1.165) is 25.6 Å². The predicted molar refractivity (Wildman–Crippen MR) is 96.1 cm³/mol. The molecule has 0 saturated carbocycles. The number of guanidine groups is 1. The molecule has 1 amide bonds. The van der Waals surface area contributed by atoms with Crippen LogP contribution in [0.5, 0.6) is 0 Å². The van der Waals surface area contributed by atoms with Crippen LogP contribution in [0.25, 0.3) is 0 Å². The quantitative estimate of drug-likeness (QED) is 0.669. The molecule has 6 nitrogen and oxygen atoms in total. The van der Waals surface area contributed by atoms with Gasteiger partial charge in [0.2, 0.25) is 5.91 Å². The van der Waals surface area contributed by atoms with Gasteiger partial charge in [-0.25, -0.2) is 4.99 Å². The van der Waals surface area contributed by atoms with Crippen molar-refractivity contribution in [1.29, 1.82) is 0 Å². The van der Waals surface area contributed by atoms with Gasteiger partial charge in [-0.3, -0.25) is 4.79 Å². The zero-order chi connectivity index (χ0) is 17.5. The maximum Gasteiger partial charge on any atom is 0.243 e. The van der Waals surface area contributed by atoms with Crippen LogP contribution < -0.4 is 5.32 Å². The Balaban J connectivity index is 2.11. The van der Waals surface area contributed by atoms with E-state index in [0.29, 0.717) is 6.61 Å². The topological polar surface area (TPSA) is 57.2 Å². The van der Waals surface area contributed by atoms with Gasteiger partial charge in [-0.1, -0.05) is 24.3 Å². The third-order valence-corrected chi connectivity index (χ3v) is 4.10. The molecule has 0 aliphatic carbocycles. The van der Waals surface area contributed by atoms with E-state index in [9.17, 15) is 4.79 Å². The van der Waals surface area contributed by atoms with Crippen LogP contribution in [-0.2, 0) is 9.53 Å². The van der Waals surface area contributed by atoms with E-state index < -0.39 is 0 Å². The van der Waals surface area contributed by atoms with Crippen molar-refractivity contribution in [2.45, 2.75) is 20.0 Å². The molecule has 0 radical (unpaired) electrons. The van der Waals surface area contributed by atoms with Crippen molar-refractivity contribution in [2.75, 3.05) is 46.9 Å². The SMILES string of the molecule is CCNC(=NCC(=O)N(C)C)N1CCOC(c2ccccc2C)C1. The fourth-order valence-electron chi connectivity index (χ4n) is 2.69. The minimum atomic E-state index is -0.00545. The highest BCUT2D eigenvalue weighted by Crippen LogP contribution is 2.24. The van der Waals surface area contributed by atoms with Gasteiger partial charge in [0, 0.05) is 27.2 Å². The number of carbonyl (C=O) groups is 1. The first-order chi connectivity index (χ1) is 11.5. The van der Waals surface area contributed by atoms with Crippen molar-refractivity contribution in [3.05, 3.63) is 35.4 Å². The maximum atomic E-state index is 11.8. The zero-order valence-electron chi connectivity index (χ0n) is 15.1. The summed E-state index contributed by atoms with van der Waals surface area (Å²) >= 11 is 0. The molecule has 1 N–H and O–H groups in total. The summed E-state index contributed by atoms with van der Waals surface area (Å²) in [7, 11) is 3.49. The molecule has 1 aliphatic heterocycles. The first-order valence-electron chi connectivity index (χ1n) is 8.43. The van der Waals surface area contributed by atoms with E-state index in [1.54, 1.807) is 19.0 Å². The molecule has 1 heterocycles. The number of hydrogen-bond donors (Lipinski definition) is 1. The molecule has 1 saturated heterocycles. The molecule has 24 heavy (non-hydrogen) atoms. The van der Waals surface area contributed by atoms with Crippen LogP contribution in [0.4, 0.5) is 0 Å². The lowest BCUT2D eigenvalue weighted by atomic mass is 10.0. The van der Waals surface area contributed by atoms with Crippen molar-refractivity contribution >= 4 is 11.9 Å². The number of nitrogens with one attached hydrogen (secondary N) is 1. The number of aryl methyl sites for hydroxylation is 1. The molecule has 1 aliphatic rings. The predicted octanol–water partition coefficient (Wildman–Crippen LogP) is 1.42. The van der Waals surface area contributed by atoms with Crippen LogP contribution in [0.15, 0.2) is 29.3 Å². The van der Waals surface area contributed by atoms with E-state index in [2.05, 4.69) is 34.3 Å². The second-order valence-electron chi connectivity index (χ2n) is 6.12. The van der Waals surface area contributed by atoms with Crippen LogP contribution in [0.1, 0.15) is 24.2 Å². The number of ether oxygens (including phenoxy) is 1. The largest absolute Gasteiger partial charge is 0.370 e. The number of carbonyl (C=O) groups excluding carboxylic acids is 1. The van der Waals surface area contributed by atoms with E-state index in [1.165, 1.54) is 11.1 Å². The monoisotopic (exact) mass is 332 g/mol. The molecular weight excluding hydrogens is 304 g/mol. The summed E-state index contributed by atoms with van der Waals surface area (Å²) in [5.74, 6) is 0.767. The summed E-state index contributed by atoms with van der Waals surface area (Å²) in [6.07, 6.45) is 0.0216. The lowest BCUT2D eigenvalue weighted by molar-refractivity contribution is -0.127. The molecule has 1 aromatic rings. The number of aliphatic imine (C=N–C) groups is 1. The summed E-state index contributed by atoms with van der Waals surface area (Å²) < 4.78 is 5.97. The van der Waals surface area contributed by atoms with Gasteiger partial charge in [-0.2, -0.15) is 0 Å². The number of hydrogen-bond acceptors (Lipinski definition) is 3. The number of rotatable bonds is 4. The van der Waals surface area contributed by atoms with Gasteiger partial charge >= 0.3 is 0 Å². The first-order valence-corrected chi connectivity index (χ1v) is 8.43. The van der Waals surface area contributed by atoms with Crippen molar-refractivity contribution in [3.8, 4) is 0 Å². The number of amides is 1. The van der Waals surface area contributed by atoms with Crippen molar-refractivity contribution < 1.29 is 9.53 Å². The molecule has 1 unspecified atom stereocenters. The average molecular weight is 332 g/mol. The molecule has 1 fully saturated rings. The zero-order valence-corrected chi connectivity index (χ0v) is 15.1. The number of benzene rings is 1. The molecule has 2 rings (SSSR count). The fourth-order valence-corrected chi connectivity index (χ4v) is 2.69. The third-order valence-electron chi connectivity index (χ3n) is 4.10. The van der Waals surface area contributed by atoms with Gasteiger partial charge in [0.05, 0.1) is 13.2 Å². The fraction of sp³-hybridized carbons (Fsp3) is 0.556.